The highest BCUT2D eigenvalue weighted by Crippen LogP contribution is 2.43. The SMILES string of the molecule is CCCCCC1CCC(C2CCC(/C=C(\C)c3cc(F)c(C(F)(F)F)c(F)c3)CC2)CC1. The molecule has 0 aliphatic heterocycles. The topological polar surface area (TPSA) is 0 Å². The van der Waals surface area contributed by atoms with Crippen LogP contribution in [0, 0.1) is 35.3 Å². The van der Waals surface area contributed by atoms with Crippen molar-refractivity contribution in [3.8, 4) is 0 Å². The minimum Gasteiger partial charge on any atom is -0.206 e. The van der Waals surface area contributed by atoms with Crippen molar-refractivity contribution in [2.45, 2.75) is 97.1 Å². The van der Waals surface area contributed by atoms with E-state index in [9.17, 15) is 22.0 Å². The molecule has 0 N–H and O–H groups in total. The van der Waals surface area contributed by atoms with Gasteiger partial charge >= 0.3 is 6.18 Å². The molecule has 0 heterocycles. The van der Waals surface area contributed by atoms with E-state index in [-0.39, 0.29) is 5.56 Å². The summed E-state index contributed by atoms with van der Waals surface area (Å²) in [6.07, 6.45) is 12.3. The average Bonchev–Trinajstić information content (AvgIpc) is 2.73. The highest BCUT2D eigenvalue weighted by Gasteiger charge is 2.38. The number of benzene rings is 1. The molecule has 0 unspecified atom stereocenters. The summed E-state index contributed by atoms with van der Waals surface area (Å²) in [4.78, 5) is 0. The van der Waals surface area contributed by atoms with Crippen LogP contribution in [0.4, 0.5) is 22.0 Å². The zero-order valence-corrected chi connectivity index (χ0v) is 19.4. The van der Waals surface area contributed by atoms with E-state index in [2.05, 4.69) is 6.92 Å². The van der Waals surface area contributed by atoms with Gasteiger partial charge in [0.25, 0.3) is 0 Å². The van der Waals surface area contributed by atoms with Gasteiger partial charge in [-0.25, -0.2) is 8.78 Å². The van der Waals surface area contributed by atoms with Gasteiger partial charge in [-0.15, -0.1) is 0 Å². The quantitative estimate of drug-likeness (QED) is 0.283. The second-order valence-electron chi connectivity index (χ2n) is 10.1. The molecule has 180 valence electrons. The van der Waals surface area contributed by atoms with E-state index in [1.807, 2.05) is 6.08 Å². The van der Waals surface area contributed by atoms with Gasteiger partial charge in [-0.05, 0) is 92.4 Å². The van der Waals surface area contributed by atoms with Crippen LogP contribution in [0.2, 0.25) is 0 Å². The summed E-state index contributed by atoms with van der Waals surface area (Å²) < 4.78 is 66.3. The molecule has 0 bridgehead atoms. The number of hydrogen-bond donors (Lipinski definition) is 0. The molecule has 2 fully saturated rings. The number of allylic oxidation sites excluding steroid dienone is 2. The van der Waals surface area contributed by atoms with E-state index in [0.717, 1.165) is 42.7 Å². The Hall–Kier alpha value is -1.39. The van der Waals surface area contributed by atoms with Crippen LogP contribution in [0.1, 0.15) is 102 Å². The van der Waals surface area contributed by atoms with Crippen LogP contribution in [0.5, 0.6) is 0 Å². The van der Waals surface area contributed by atoms with Gasteiger partial charge in [0.15, 0.2) is 0 Å². The smallest absolute Gasteiger partial charge is 0.206 e. The Bertz CT molecular complexity index is 740. The van der Waals surface area contributed by atoms with Crippen molar-refractivity contribution in [2.24, 2.45) is 23.7 Å². The number of unbranched alkanes of at least 4 members (excludes halogenated alkanes) is 2. The number of hydrogen-bond acceptors (Lipinski definition) is 0. The first kappa shape index (κ1) is 25.2. The lowest BCUT2D eigenvalue weighted by atomic mass is 9.68. The Morgan fingerprint density at radius 3 is 1.91 bits per heavy atom. The van der Waals surface area contributed by atoms with Crippen LogP contribution in [0.3, 0.4) is 0 Å². The van der Waals surface area contributed by atoms with E-state index in [1.165, 1.54) is 64.2 Å². The van der Waals surface area contributed by atoms with E-state index in [0.29, 0.717) is 11.5 Å². The second kappa shape index (κ2) is 11.2. The first-order chi connectivity index (χ1) is 15.2. The summed E-state index contributed by atoms with van der Waals surface area (Å²) >= 11 is 0. The van der Waals surface area contributed by atoms with Gasteiger partial charge in [0, 0.05) is 0 Å². The predicted octanol–water partition coefficient (Wildman–Crippen LogP) is 9.58. The molecule has 0 radical (unpaired) electrons. The highest BCUT2D eigenvalue weighted by atomic mass is 19.4. The molecule has 2 saturated carbocycles. The maximum absolute atomic E-state index is 13.9. The summed E-state index contributed by atoms with van der Waals surface area (Å²) in [7, 11) is 0. The fraction of sp³-hybridized carbons (Fsp3) is 0.704. The Kier molecular flexibility index (Phi) is 8.80. The fourth-order valence-electron chi connectivity index (χ4n) is 5.94. The molecular formula is C27H37F5. The summed E-state index contributed by atoms with van der Waals surface area (Å²) in [5.41, 5.74) is -0.973. The molecule has 0 saturated heterocycles. The van der Waals surface area contributed by atoms with Crippen molar-refractivity contribution >= 4 is 5.57 Å². The third-order valence-corrected chi connectivity index (χ3v) is 7.86. The minimum absolute atomic E-state index is 0.191. The molecule has 1 aromatic rings. The van der Waals surface area contributed by atoms with Gasteiger partial charge < -0.3 is 0 Å². The predicted molar refractivity (Wildman–Crippen MR) is 120 cm³/mol. The van der Waals surface area contributed by atoms with E-state index >= 15 is 0 Å². The van der Waals surface area contributed by atoms with Crippen LogP contribution in [-0.4, -0.2) is 0 Å². The van der Waals surface area contributed by atoms with Crippen molar-refractivity contribution in [3.05, 3.63) is 41.0 Å². The first-order valence-corrected chi connectivity index (χ1v) is 12.4. The molecular weight excluding hydrogens is 419 g/mol. The van der Waals surface area contributed by atoms with Crippen LogP contribution >= 0.6 is 0 Å². The Morgan fingerprint density at radius 1 is 0.875 bits per heavy atom. The third-order valence-electron chi connectivity index (χ3n) is 7.86. The van der Waals surface area contributed by atoms with Gasteiger partial charge in [0.1, 0.15) is 17.2 Å². The third kappa shape index (κ3) is 6.57. The van der Waals surface area contributed by atoms with Crippen molar-refractivity contribution in [1.29, 1.82) is 0 Å². The molecule has 5 heteroatoms. The van der Waals surface area contributed by atoms with E-state index < -0.39 is 23.4 Å². The molecule has 2 aliphatic carbocycles. The lowest BCUT2D eigenvalue weighted by Crippen LogP contribution is -2.25. The van der Waals surface area contributed by atoms with E-state index in [4.69, 9.17) is 0 Å². The minimum atomic E-state index is -5.03. The fourth-order valence-corrected chi connectivity index (χ4v) is 5.94. The Morgan fingerprint density at radius 2 is 1.41 bits per heavy atom. The van der Waals surface area contributed by atoms with Gasteiger partial charge in [0.2, 0.25) is 0 Å². The number of alkyl halides is 3. The molecule has 3 rings (SSSR count). The zero-order valence-electron chi connectivity index (χ0n) is 19.4. The summed E-state index contributed by atoms with van der Waals surface area (Å²) in [5, 5.41) is 0. The van der Waals surface area contributed by atoms with Gasteiger partial charge in [-0.2, -0.15) is 13.2 Å². The lowest BCUT2D eigenvalue weighted by molar-refractivity contribution is -0.142. The van der Waals surface area contributed by atoms with Crippen molar-refractivity contribution < 1.29 is 22.0 Å². The van der Waals surface area contributed by atoms with Crippen LogP contribution in [0.15, 0.2) is 18.2 Å². The zero-order chi connectivity index (χ0) is 23.3. The maximum Gasteiger partial charge on any atom is 0.422 e. The second-order valence-corrected chi connectivity index (χ2v) is 10.1. The summed E-state index contributed by atoms with van der Waals surface area (Å²) in [6.45, 7) is 3.98. The average molecular weight is 457 g/mol. The lowest BCUT2D eigenvalue weighted by Gasteiger charge is -2.37. The summed E-state index contributed by atoms with van der Waals surface area (Å²) in [6, 6.07) is 1.62. The number of halogens is 5. The monoisotopic (exact) mass is 456 g/mol. The number of rotatable bonds is 7. The highest BCUT2D eigenvalue weighted by molar-refractivity contribution is 5.64. The van der Waals surface area contributed by atoms with E-state index in [1.54, 1.807) is 6.92 Å². The molecule has 0 aromatic heterocycles. The molecule has 0 atom stereocenters. The van der Waals surface area contributed by atoms with Crippen molar-refractivity contribution in [3.63, 3.8) is 0 Å². The molecule has 0 spiro atoms. The van der Waals surface area contributed by atoms with Crippen LogP contribution < -0.4 is 0 Å². The maximum atomic E-state index is 13.9. The Balaban J connectivity index is 1.51. The Labute approximate surface area is 189 Å². The van der Waals surface area contributed by atoms with Gasteiger partial charge in [-0.3, -0.25) is 0 Å². The first-order valence-electron chi connectivity index (χ1n) is 12.4. The van der Waals surface area contributed by atoms with Crippen LogP contribution in [-0.2, 0) is 6.18 Å². The van der Waals surface area contributed by atoms with Gasteiger partial charge in [0.05, 0.1) is 0 Å². The summed E-state index contributed by atoms with van der Waals surface area (Å²) in [5.74, 6) is -0.239. The van der Waals surface area contributed by atoms with Crippen molar-refractivity contribution in [1.82, 2.24) is 0 Å². The molecule has 0 nitrogen and oxygen atoms in total. The molecule has 32 heavy (non-hydrogen) atoms. The van der Waals surface area contributed by atoms with Crippen LogP contribution in [0.25, 0.3) is 5.57 Å². The van der Waals surface area contributed by atoms with Gasteiger partial charge in [-0.1, -0.05) is 51.5 Å². The van der Waals surface area contributed by atoms with Crippen molar-refractivity contribution in [2.75, 3.05) is 0 Å². The molecule has 2 aliphatic rings. The molecule has 0 amide bonds. The largest absolute Gasteiger partial charge is 0.422 e. The molecule has 1 aromatic carbocycles. The normalized spacial score (nSPS) is 27.5. The standard InChI is InChI=1S/C27H37F5/c1-3-4-5-6-19-7-11-21(12-8-19)22-13-9-20(10-14-22)15-18(2)23-16-24(28)26(25(29)17-23)27(30,31)32/h15-17,19-22H,3-14H2,1-2H3/b18-15+.